The summed E-state index contributed by atoms with van der Waals surface area (Å²) in [5.41, 5.74) is -0.665. The Balaban J connectivity index is 4.14. The molecule has 3 heteroatoms. The molecule has 0 heterocycles. The Morgan fingerprint density at radius 2 is 1.67 bits per heavy atom. The summed E-state index contributed by atoms with van der Waals surface area (Å²) >= 11 is 0. The van der Waals surface area contributed by atoms with Crippen molar-refractivity contribution in [3.8, 4) is 0 Å². The van der Waals surface area contributed by atoms with Gasteiger partial charge in [-0.2, -0.15) is 0 Å². The van der Waals surface area contributed by atoms with Crippen LogP contribution in [0.2, 0.25) is 0 Å². The van der Waals surface area contributed by atoms with Gasteiger partial charge in [0.05, 0.1) is 0 Å². The Bertz CT molecular complexity index is 95.7. The zero-order valence-electron chi connectivity index (χ0n) is 6.36. The van der Waals surface area contributed by atoms with Gasteiger partial charge in [-0.1, -0.05) is 20.8 Å². The number of rotatable bonds is 1. The molecule has 1 unspecified atom stereocenters. The van der Waals surface area contributed by atoms with Gasteiger partial charge in [-0.05, 0) is 0 Å². The van der Waals surface area contributed by atoms with Crippen LogP contribution in [0.15, 0.2) is 0 Å². The largest absolute Gasteiger partial charge is 0.357 e. The fourth-order valence-electron chi connectivity index (χ4n) is 0.306. The standard InChI is InChI=1S/C6H12BFO/c1-5(2,3)6(7,8)9-4/h1-4H3. The lowest BCUT2D eigenvalue weighted by atomic mass is 9.74. The topological polar surface area (TPSA) is 9.23 Å². The number of methoxy groups -OCH3 is 1. The molecule has 0 amide bonds. The third-order valence-electron chi connectivity index (χ3n) is 1.32. The van der Waals surface area contributed by atoms with Crippen molar-refractivity contribution in [2.45, 2.75) is 26.5 Å². The van der Waals surface area contributed by atoms with Crippen molar-refractivity contribution < 1.29 is 9.13 Å². The Labute approximate surface area is 57.0 Å². The van der Waals surface area contributed by atoms with Crippen molar-refractivity contribution in [1.29, 1.82) is 0 Å². The highest BCUT2D eigenvalue weighted by molar-refractivity contribution is 6.13. The molecule has 0 aromatic rings. The molecule has 0 saturated heterocycles. The van der Waals surface area contributed by atoms with E-state index < -0.39 is 11.2 Å². The summed E-state index contributed by atoms with van der Waals surface area (Å²) in [6.07, 6.45) is 0. The molecular weight excluding hydrogens is 118 g/mol. The minimum Gasteiger partial charge on any atom is -0.357 e. The van der Waals surface area contributed by atoms with Gasteiger partial charge < -0.3 is 4.74 Å². The van der Waals surface area contributed by atoms with Crippen LogP contribution in [0.25, 0.3) is 0 Å². The number of ether oxygens (including phenoxy) is 1. The summed E-state index contributed by atoms with van der Waals surface area (Å²) in [5.74, 6) is -2.02. The van der Waals surface area contributed by atoms with E-state index in [1.54, 1.807) is 20.8 Å². The van der Waals surface area contributed by atoms with Gasteiger partial charge in [0.2, 0.25) is 0 Å². The van der Waals surface area contributed by atoms with Crippen molar-refractivity contribution in [2.75, 3.05) is 7.11 Å². The summed E-state index contributed by atoms with van der Waals surface area (Å²) in [6.45, 7) is 5.03. The number of hydrogen-bond acceptors (Lipinski definition) is 1. The van der Waals surface area contributed by atoms with E-state index in [2.05, 4.69) is 4.74 Å². The van der Waals surface area contributed by atoms with Crippen LogP contribution in [0.5, 0.6) is 0 Å². The van der Waals surface area contributed by atoms with Gasteiger partial charge in [0.25, 0.3) is 0 Å². The van der Waals surface area contributed by atoms with Gasteiger partial charge in [-0.15, -0.1) is 0 Å². The van der Waals surface area contributed by atoms with E-state index in [0.29, 0.717) is 0 Å². The first kappa shape index (κ1) is 8.95. The third kappa shape index (κ3) is 1.97. The van der Waals surface area contributed by atoms with Gasteiger partial charge >= 0.3 is 0 Å². The number of halogens is 1. The monoisotopic (exact) mass is 130 g/mol. The fraction of sp³-hybridized carbons (Fsp3) is 1.00. The second-order valence-electron chi connectivity index (χ2n) is 3.10. The SMILES string of the molecule is [B]C(F)(OC)C(C)(C)C. The molecule has 0 spiro atoms. The highest BCUT2D eigenvalue weighted by Crippen LogP contribution is 2.31. The van der Waals surface area contributed by atoms with Crippen LogP contribution < -0.4 is 0 Å². The maximum Gasteiger partial charge on any atom is 0.164 e. The van der Waals surface area contributed by atoms with E-state index in [1.165, 1.54) is 7.11 Å². The summed E-state index contributed by atoms with van der Waals surface area (Å²) in [4.78, 5) is 0. The van der Waals surface area contributed by atoms with Crippen LogP contribution in [0, 0.1) is 5.41 Å². The fourth-order valence-corrected chi connectivity index (χ4v) is 0.306. The van der Waals surface area contributed by atoms with E-state index in [-0.39, 0.29) is 0 Å². The average Bonchev–Trinajstić information content (AvgIpc) is 1.64. The molecule has 0 fully saturated rings. The maximum atomic E-state index is 12.9. The molecule has 0 aromatic carbocycles. The molecule has 9 heavy (non-hydrogen) atoms. The van der Waals surface area contributed by atoms with E-state index in [4.69, 9.17) is 7.85 Å². The highest BCUT2D eigenvalue weighted by Gasteiger charge is 2.36. The second-order valence-corrected chi connectivity index (χ2v) is 3.10. The highest BCUT2D eigenvalue weighted by atomic mass is 19.2. The van der Waals surface area contributed by atoms with Gasteiger partial charge in [0.1, 0.15) is 0 Å². The van der Waals surface area contributed by atoms with Gasteiger partial charge in [0.15, 0.2) is 13.6 Å². The first-order chi connectivity index (χ1) is 3.81. The van der Waals surface area contributed by atoms with Crippen molar-refractivity contribution in [3.05, 3.63) is 0 Å². The Morgan fingerprint density at radius 1 is 1.33 bits per heavy atom. The molecule has 0 N–H and O–H groups in total. The number of hydrogen-bond donors (Lipinski definition) is 0. The Hall–Kier alpha value is -0.0451. The van der Waals surface area contributed by atoms with Crippen LogP contribution in [0.3, 0.4) is 0 Å². The zero-order valence-corrected chi connectivity index (χ0v) is 6.36. The predicted octanol–water partition coefficient (Wildman–Crippen LogP) is 1.47. The van der Waals surface area contributed by atoms with Crippen molar-refractivity contribution >= 4 is 7.85 Å². The lowest BCUT2D eigenvalue weighted by molar-refractivity contribution is -0.121. The molecule has 0 saturated carbocycles. The van der Waals surface area contributed by atoms with Crippen molar-refractivity contribution in [1.82, 2.24) is 0 Å². The molecule has 52 valence electrons. The van der Waals surface area contributed by atoms with E-state index >= 15 is 0 Å². The molecule has 0 aromatic heterocycles. The van der Waals surface area contributed by atoms with Crippen LogP contribution in [-0.4, -0.2) is 20.7 Å². The zero-order chi connectivity index (χ0) is 7.71. The first-order valence-corrected chi connectivity index (χ1v) is 2.84. The van der Waals surface area contributed by atoms with Gasteiger partial charge in [-0.3, -0.25) is 0 Å². The van der Waals surface area contributed by atoms with Crippen molar-refractivity contribution in [3.63, 3.8) is 0 Å². The third-order valence-corrected chi connectivity index (χ3v) is 1.32. The molecular formula is C6H12BFO. The van der Waals surface area contributed by atoms with Crippen LogP contribution in [-0.2, 0) is 4.74 Å². The number of alkyl halides is 1. The first-order valence-electron chi connectivity index (χ1n) is 2.84. The van der Waals surface area contributed by atoms with Crippen LogP contribution >= 0.6 is 0 Å². The predicted molar refractivity (Wildman–Crippen MR) is 36.1 cm³/mol. The average molecular weight is 130 g/mol. The normalized spacial score (nSPS) is 19.2. The molecule has 0 rings (SSSR count). The summed E-state index contributed by atoms with van der Waals surface area (Å²) in [7, 11) is 6.36. The van der Waals surface area contributed by atoms with E-state index in [1.807, 2.05) is 0 Å². The van der Waals surface area contributed by atoms with E-state index in [0.717, 1.165) is 0 Å². The molecule has 0 aliphatic heterocycles. The van der Waals surface area contributed by atoms with Gasteiger partial charge in [0, 0.05) is 12.5 Å². The second kappa shape index (κ2) is 2.29. The van der Waals surface area contributed by atoms with Gasteiger partial charge in [-0.25, -0.2) is 4.39 Å². The molecule has 0 bridgehead atoms. The summed E-state index contributed by atoms with van der Waals surface area (Å²) < 4.78 is 17.3. The summed E-state index contributed by atoms with van der Waals surface area (Å²) in [5, 5.41) is 0. The smallest absolute Gasteiger partial charge is 0.164 e. The molecule has 0 aliphatic carbocycles. The quantitative estimate of drug-likeness (QED) is 0.488. The Kier molecular flexibility index (Phi) is 2.28. The van der Waals surface area contributed by atoms with Crippen LogP contribution in [0.4, 0.5) is 4.39 Å². The molecule has 1 atom stereocenters. The minimum atomic E-state index is -2.02. The molecule has 1 nitrogen and oxygen atoms in total. The van der Waals surface area contributed by atoms with E-state index in [9.17, 15) is 4.39 Å². The lowest BCUT2D eigenvalue weighted by Gasteiger charge is -2.33. The summed E-state index contributed by atoms with van der Waals surface area (Å²) in [6, 6.07) is 0. The minimum absolute atomic E-state index is 0.665. The maximum absolute atomic E-state index is 12.9. The van der Waals surface area contributed by atoms with Crippen LogP contribution in [0.1, 0.15) is 20.8 Å². The molecule has 2 radical (unpaired) electrons. The molecule has 0 aliphatic rings. The van der Waals surface area contributed by atoms with Crippen molar-refractivity contribution in [2.24, 2.45) is 5.41 Å². The Morgan fingerprint density at radius 3 is 1.67 bits per heavy atom. The lowest BCUT2D eigenvalue weighted by Crippen LogP contribution is -2.40.